The Labute approximate surface area is 117 Å². The van der Waals surface area contributed by atoms with E-state index in [0.717, 1.165) is 30.8 Å². The molecule has 0 saturated carbocycles. The number of hydrogen-bond acceptors (Lipinski definition) is 7. The van der Waals surface area contributed by atoms with Crippen molar-refractivity contribution < 1.29 is 0 Å². The number of H-pyrrole nitrogens is 1. The Morgan fingerprint density at radius 2 is 2.15 bits per heavy atom. The summed E-state index contributed by atoms with van der Waals surface area (Å²) in [7, 11) is 2.15. The van der Waals surface area contributed by atoms with Crippen molar-refractivity contribution in [2.45, 2.75) is 19.4 Å². The van der Waals surface area contributed by atoms with E-state index in [9.17, 15) is 0 Å². The van der Waals surface area contributed by atoms with E-state index in [1.807, 2.05) is 0 Å². The van der Waals surface area contributed by atoms with Crippen molar-refractivity contribution in [3.63, 3.8) is 0 Å². The Kier molecular flexibility index (Phi) is 2.98. The Bertz CT molecular complexity index is 619. The molecule has 0 radical (unpaired) electrons. The molecule has 1 aliphatic rings. The quantitative estimate of drug-likeness (QED) is 0.531. The highest BCUT2D eigenvalue weighted by molar-refractivity contribution is 5.87. The van der Waals surface area contributed by atoms with Crippen molar-refractivity contribution in [3.05, 3.63) is 6.20 Å². The molecule has 0 bridgehead atoms. The predicted octanol–water partition coefficient (Wildman–Crippen LogP) is 0.169. The molecule has 4 N–H and O–H groups in total. The van der Waals surface area contributed by atoms with Crippen LogP contribution in [0.1, 0.15) is 13.8 Å². The maximum Gasteiger partial charge on any atom is 0.241 e. The Balaban J connectivity index is 2.03. The number of aromatic nitrogens is 4. The predicted molar refractivity (Wildman–Crippen MR) is 78.4 cm³/mol. The number of likely N-dealkylation sites (N-methyl/N-ethyl adjacent to an activating group) is 1. The third kappa shape index (κ3) is 2.06. The third-order valence-corrected chi connectivity index (χ3v) is 4.03. The van der Waals surface area contributed by atoms with Crippen LogP contribution in [0.15, 0.2) is 6.20 Å². The van der Waals surface area contributed by atoms with Crippen molar-refractivity contribution in [3.8, 4) is 0 Å². The van der Waals surface area contributed by atoms with Gasteiger partial charge in [0.05, 0.1) is 11.6 Å². The average molecular weight is 276 g/mol. The first kappa shape index (κ1) is 13.1. The molecule has 20 heavy (non-hydrogen) atoms. The smallest absolute Gasteiger partial charge is 0.241 e. The lowest BCUT2D eigenvalue weighted by atomic mass is 9.99. The summed E-state index contributed by atoms with van der Waals surface area (Å²) >= 11 is 0. The van der Waals surface area contributed by atoms with Gasteiger partial charge < -0.3 is 4.90 Å². The number of nitrogens with two attached hydrogens (primary N) is 1. The van der Waals surface area contributed by atoms with Gasteiger partial charge in [0.2, 0.25) is 5.95 Å². The fourth-order valence-electron chi connectivity index (χ4n) is 2.55. The summed E-state index contributed by atoms with van der Waals surface area (Å²) in [6.07, 6.45) is 1.76. The Morgan fingerprint density at radius 3 is 2.85 bits per heavy atom. The van der Waals surface area contributed by atoms with Crippen LogP contribution in [0.5, 0.6) is 0 Å². The number of piperazine rings is 1. The number of fused-ring (bicyclic) bond motifs is 1. The molecule has 108 valence electrons. The number of anilines is 2. The molecule has 2 aromatic heterocycles. The van der Waals surface area contributed by atoms with Gasteiger partial charge in [0, 0.05) is 25.2 Å². The second-order valence-electron chi connectivity index (χ2n) is 5.80. The van der Waals surface area contributed by atoms with Crippen LogP contribution < -0.4 is 16.2 Å². The van der Waals surface area contributed by atoms with Crippen molar-refractivity contribution in [1.82, 2.24) is 25.1 Å². The van der Waals surface area contributed by atoms with Crippen molar-refractivity contribution in [1.29, 1.82) is 0 Å². The standard InChI is InChI=1S/C12H20N8/c1-12(2)7-20(5-4-19(12)3)10-8-6-14-18-9(8)15-11(16-10)17-13/h6H,4-5,7,13H2,1-3H3,(H2,14,15,16,17,18). The molecule has 0 aliphatic carbocycles. The van der Waals surface area contributed by atoms with E-state index >= 15 is 0 Å². The van der Waals surface area contributed by atoms with Crippen LogP contribution in [0.2, 0.25) is 0 Å². The number of hydrogen-bond donors (Lipinski definition) is 3. The zero-order chi connectivity index (χ0) is 14.3. The summed E-state index contributed by atoms with van der Waals surface area (Å²) in [4.78, 5) is 13.4. The molecule has 1 saturated heterocycles. The van der Waals surface area contributed by atoms with Gasteiger partial charge in [-0.1, -0.05) is 0 Å². The van der Waals surface area contributed by atoms with Crippen molar-refractivity contribution in [2.75, 3.05) is 37.0 Å². The van der Waals surface area contributed by atoms with Crippen molar-refractivity contribution in [2.24, 2.45) is 5.84 Å². The zero-order valence-electron chi connectivity index (χ0n) is 12.0. The first-order valence-electron chi connectivity index (χ1n) is 6.65. The van der Waals surface area contributed by atoms with Crippen LogP contribution >= 0.6 is 0 Å². The highest BCUT2D eigenvalue weighted by Gasteiger charge is 2.32. The van der Waals surface area contributed by atoms with E-state index in [4.69, 9.17) is 5.84 Å². The molecule has 3 rings (SSSR count). The summed E-state index contributed by atoms with van der Waals surface area (Å²) in [5.41, 5.74) is 3.30. The number of hydrazine groups is 1. The van der Waals surface area contributed by atoms with E-state index < -0.39 is 0 Å². The molecule has 1 fully saturated rings. The van der Waals surface area contributed by atoms with Crippen molar-refractivity contribution >= 4 is 22.8 Å². The van der Waals surface area contributed by atoms with E-state index in [2.05, 4.69) is 56.3 Å². The van der Waals surface area contributed by atoms with Crippen LogP contribution in [0.4, 0.5) is 11.8 Å². The van der Waals surface area contributed by atoms with E-state index in [-0.39, 0.29) is 5.54 Å². The van der Waals surface area contributed by atoms with Gasteiger partial charge in [-0.05, 0) is 20.9 Å². The maximum absolute atomic E-state index is 5.45. The zero-order valence-corrected chi connectivity index (χ0v) is 12.0. The fourth-order valence-corrected chi connectivity index (χ4v) is 2.55. The number of nitrogen functional groups attached to an aromatic ring is 1. The van der Waals surface area contributed by atoms with Gasteiger partial charge in [0.1, 0.15) is 5.82 Å². The highest BCUT2D eigenvalue weighted by atomic mass is 15.4. The lowest BCUT2D eigenvalue weighted by molar-refractivity contribution is 0.138. The molecular formula is C12H20N8. The van der Waals surface area contributed by atoms with Crippen LogP contribution in [-0.2, 0) is 0 Å². The molecule has 0 spiro atoms. The van der Waals surface area contributed by atoms with Crippen LogP contribution in [0.25, 0.3) is 11.0 Å². The second-order valence-corrected chi connectivity index (χ2v) is 5.80. The molecule has 3 heterocycles. The number of rotatable bonds is 2. The van der Waals surface area contributed by atoms with Gasteiger partial charge in [0.15, 0.2) is 5.65 Å². The SMILES string of the molecule is CN1CCN(c2nc(NN)nc3[nH]ncc23)CC1(C)C. The topological polar surface area (TPSA) is 99.0 Å². The summed E-state index contributed by atoms with van der Waals surface area (Å²) in [6.45, 7) is 7.26. The average Bonchev–Trinajstić information content (AvgIpc) is 2.88. The lowest BCUT2D eigenvalue weighted by Gasteiger charge is -2.45. The van der Waals surface area contributed by atoms with Crippen LogP contribution in [0.3, 0.4) is 0 Å². The van der Waals surface area contributed by atoms with Gasteiger partial charge in [-0.3, -0.25) is 15.4 Å². The van der Waals surface area contributed by atoms with E-state index in [1.165, 1.54) is 0 Å². The monoisotopic (exact) mass is 276 g/mol. The van der Waals surface area contributed by atoms with Gasteiger partial charge >= 0.3 is 0 Å². The molecule has 1 aliphatic heterocycles. The van der Waals surface area contributed by atoms with E-state index in [0.29, 0.717) is 11.6 Å². The molecule has 0 unspecified atom stereocenters. The summed E-state index contributed by atoms with van der Waals surface area (Å²) in [5, 5.41) is 7.84. The van der Waals surface area contributed by atoms with Gasteiger partial charge in [0.25, 0.3) is 0 Å². The Morgan fingerprint density at radius 1 is 1.35 bits per heavy atom. The van der Waals surface area contributed by atoms with E-state index in [1.54, 1.807) is 6.20 Å². The molecule has 0 atom stereocenters. The molecule has 8 heteroatoms. The second kappa shape index (κ2) is 4.57. The fraction of sp³-hybridized carbons (Fsp3) is 0.583. The van der Waals surface area contributed by atoms with Gasteiger partial charge in [-0.15, -0.1) is 0 Å². The largest absolute Gasteiger partial charge is 0.353 e. The first-order valence-corrected chi connectivity index (χ1v) is 6.65. The van der Waals surface area contributed by atoms with Crippen LogP contribution in [0, 0.1) is 0 Å². The van der Waals surface area contributed by atoms with Gasteiger partial charge in [-0.25, -0.2) is 5.84 Å². The highest BCUT2D eigenvalue weighted by Crippen LogP contribution is 2.28. The normalized spacial score (nSPS) is 19.5. The first-order chi connectivity index (χ1) is 9.51. The molecule has 2 aromatic rings. The van der Waals surface area contributed by atoms with Crippen LogP contribution in [-0.4, -0.2) is 57.3 Å². The molecular weight excluding hydrogens is 256 g/mol. The minimum absolute atomic E-state index is 0.0928. The Hall–Kier alpha value is -1.93. The molecule has 0 amide bonds. The number of aromatic amines is 1. The lowest BCUT2D eigenvalue weighted by Crippen LogP contribution is -2.58. The third-order valence-electron chi connectivity index (χ3n) is 4.03. The summed E-state index contributed by atoms with van der Waals surface area (Å²) < 4.78 is 0. The van der Waals surface area contributed by atoms with Gasteiger partial charge in [-0.2, -0.15) is 15.1 Å². The molecule has 0 aromatic carbocycles. The maximum atomic E-state index is 5.45. The molecule has 8 nitrogen and oxygen atoms in total. The summed E-state index contributed by atoms with van der Waals surface area (Å²) in [6, 6.07) is 0. The number of nitrogens with one attached hydrogen (secondary N) is 2. The summed E-state index contributed by atoms with van der Waals surface area (Å²) in [5.74, 6) is 6.72. The minimum atomic E-state index is 0.0928. The minimum Gasteiger partial charge on any atom is -0.353 e. The number of nitrogens with zero attached hydrogens (tertiary/aromatic N) is 5.